The second kappa shape index (κ2) is 8.16. The highest BCUT2D eigenvalue weighted by molar-refractivity contribution is 5.78. The second-order valence-corrected chi connectivity index (χ2v) is 6.55. The Hall–Kier alpha value is -4.39. The maximum absolute atomic E-state index is 13.9. The van der Waals surface area contributed by atoms with Crippen molar-refractivity contribution in [3.05, 3.63) is 81.9 Å². The van der Waals surface area contributed by atoms with Crippen molar-refractivity contribution in [3.8, 4) is 11.8 Å². The molecule has 0 saturated heterocycles. The number of nitrogens with one attached hydrogen (secondary N) is 2. The van der Waals surface area contributed by atoms with Gasteiger partial charge in [-0.3, -0.25) is 4.79 Å². The smallest absolute Gasteiger partial charge is 0.261 e. The van der Waals surface area contributed by atoms with Crippen molar-refractivity contribution in [1.82, 2.24) is 24.9 Å². The molecular formula is C21H15F2N7O. The molecule has 4 aromatic rings. The Balaban J connectivity index is 1.67. The third kappa shape index (κ3) is 4.16. The normalized spacial score (nSPS) is 11.6. The van der Waals surface area contributed by atoms with Crippen LogP contribution in [0.4, 0.5) is 20.4 Å². The lowest BCUT2D eigenvalue weighted by Gasteiger charge is -2.15. The summed E-state index contributed by atoms with van der Waals surface area (Å²) >= 11 is 0. The Bertz CT molecular complexity index is 1390. The number of nitrogen functional groups attached to an aromatic ring is 1. The summed E-state index contributed by atoms with van der Waals surface area (Å²) in [6.07, 6.45) is 2.32. The quantitative estimate of drug-likeness (QED) is 0.436. The zero-order chi connectivity index (χ0) is 22.0. The highest BCUT2D eigenvalue weighted by Crippen LogP contribution is 2.21. The Morgan fingerprint density at radius 2 is 1.97 bits per heavy atom. The van der Waals surface area contributed by atoms with Crippen molar-refractivity contribution < 1.29 is 8.78 Å². The summed E-state index contributed by atoms with van der Waals surface area (Å²) in [5.41, 5.74) is 6.24. The lowest BCUT2D eigenvalue weighted by atomic mass is 10.2. The number of rotatable bonds is 3. The number of anilines is 2. The van der Waals surface area contributed by atoms with E-state index in [0.717, 1.165) is 6.20 Å². The van der Waals surface area contributed by atoms with Crippen molar-refractivity contribution >= 4 is 22.5 Å². The van der Waals surface area contributed by atoms with E-state index in [1.54, 1.807) is 13.0 Å². The van der Waals surface area contributed by atoms with Crippen molar-refractivity contribution in [2.45, 2.75) is 13.0 Å². The fourth-order valence-electron chi connectivity index (χ4n) is 2.85. The molecule has 3 aromatic heterocycles. The van der Waals surface area contributed by atoms with Crippen LogP contribution in [0.2, 0.25) is 0 Å². The first kappa shape index (κ1) is 19.9. The third-order valence-corrected chi connectivity index (χ3v) is 4.38. The Kier molecular flexibility index (Phi) is 5.24. The van der Waals surface area contributed by atoms with Gasteiger partial charge in [-0.15, -0.1) is 0 Å². The van der Waals surface area contributed by atoms with Crippen LogP contribution < -0.4 is 16.6 Å². The average molecular weight is 419 g/mol. The molecule has 0 fully saturated rings. The van der Waals surface area contributed by atoms with Gasteiger partial charge >= 0.3 is 0 Å². The molecule has 0 aliphatic carbocycles. The number of aromatic amines is 1. The van der Waals surface area contributed by atoms with E-state index < -0.39 is 23.2 Å². The van der Waals surface area contributed by atoms with E-state index in [1.807, 2.05) is 0 Å². The molecule has 1 unspecified atom stereocenters. The van der Waals surface area contributed by atoms with Gasteiger partial charge in [0.25, 0.3) is 5.56 Å². The molecule has 4 N–H and O–H groups in total. The van der Waals surface area contributed by atoms with E-state index in [1.165, 1.54) is 30.6 Å². The van der Waals surface area contributed by atoms with Gasteiger partial charge in [0.15, 0.2) is 0 Å². The summed E-state index contributed by atoms with van der Waals surface area (Å²) in [6, 6.07) is 6.38. The Labute approximate surface area is 174 Å². The molecule has 4 rings (SSSR count). The van der Waals surface area contributed by atoms with Gasteiger partial charge in [0.2, 0.25) is 0 Å². The number of fused-ring (bicyclic) bond motifs is 1. The molecule has 0 saturated carbocycles. The second-order valence-electron chi connectivity index (χ2n) is 6.55. The molecule has 1 atom stereocenters. The summed E-state index contributed by atoms with van der Waals surface area (Å²) in [6.45, 7) is 1.74. The van der Waals surface area contributed by atoms with E-state index >= 15 is 0 Å². The fraction of sp³-hybridized carbons (Fsp3) is 0.0952. The van der Waals surface area contributed by atoms with Crippen molar-refractivity contribution in [2.75, 3.05) is 11.1 Å². The number of hydrogen-bond donors (Lipinski definition) is 3. The van der Waals surface area contributed by atoms with Gasteiger partial charge in [-0.2, -0.15) is 0 Å². The topological polar surface area (TPSA) is 122 Å². The number of halogens is 2. The van der Waals surface area contributed by atoms with Crippen molar-refractivity contribution in [2.24, 2.45) is 0 Å². The van der Waals surface area contributed by atoms with Gasteiger partial charge in [0.05, 0.1) is 17.8 Å². The van der Waals surface area contributed by atoms with Gasteiger partial charge in [-0.05, 0) is 37.1 Å². The van der Waals surface area contributed by atoms with Crippen molar-refractivity contribution in [1.29, 1.82) is 0 Å². The van der Waals surface area contributed by atoms with E-state index in [4.69, 9.17) is 5.73 Å². The molecular weight excluding hydrogens is 404 g/mol. The molecule has 0 aliphatic heterocycles. The Morgan fingerprint density at radius 1 is 1.13 bits per heavy atom. The van der Waals surface area contributed by atoms with Gasteiger partial charge in [0, 0.05) is 0 Å². The minimum Gasteiger partial charge on any atom is -0.382 e. The van der Waals surface area contributed by atoms with Crippen LogP contribution in [0.5, 0.6) is 0 Å². The molecule has 3 heterocycles. The maximum atomic E-state index is 13.9. The summed E-state index contributed by atoms with van der Waals surface area (Å²) in [5, 5.41) is 2.97. The SMILES string of the molecule is CC(Nc1ncnc(N)c1C#Cc1ccc(F)cn1)c1nc2cccc(F)c2c(=O)[nH]1. The molecule has 0 bridgehead atoms. The van der Waals surface area contributed by atoms with Crippen LogP contribution in [-0.2, 0) is 0 Å². The summed E-state index contributed by atoms with van der Waals surface area (Å²) in [7, 11) is 0. The predicted octanol–water partition coefficient (Wildman–Crippen LogP) is 2.54. The van der Waals surface area contributed by atoms with Crippen molar-refractivity contribution in [3.63, 3.8) is 0 Å². The summed E-state index contributed by atoms with van der Waals surface area (Å²) in [4.78, 5) is 31.2. The number of benzene rings is 1. The van der Waals surface area contributed by atoms with Gasteiger partial charge in [-0.1, -0.05) is 12.0 Å². The van der Waals surface area contributed by atoms with Crippen LogP contribution in [-0.4, -0.2) is 24.9 Å². The fourth-order valence-corrected chi connectivity index (χ4v) is 2.85. The zero-order valence-corrected chi connectivity index (χ0v) is 16.1. The minimum absolute atomic E-state index is 0.108. The predicted molar refractivity (Wildman–Crippen MR) is 111 cm³/mol. The Morgan fingerprint density at radius 3 is 2.74 bits per heavy atom. The summed E-state index contributed by atoms with van der Waals surface area (Å²) < 4.78 is 26.9. The molecule has 0 radical (unpaired) electrons. The van der Waals surface area contributed by atoms with Crippen LogP contribution in [0.15, 0.2) is 47.7 Å². The van der Waals surface area contributed by atoms with Crippen LogP contribution in [0, 0.1) is 23.5 Å². The number of H-pyrrole nitrogens is 1. The first-order valence-electron chi connectivity index (χ1n) is 9.11. The number of pyridine rings is 1. The van der Waals surface area contributed by atoms with Crippen LogP contribution in [0.3, 0.4) is 0 Å². The number of nitrogens with two attached hydrogens (primary N) is 1. The van der Waals surface area contributed by atoms with E-state index in [2.05, 4.69) is 42.1 Å². The van der Waals surface area contributed by atoms with Crippen LogP contribution >= 0.6 is 0 Å². The largest absolute Gasteiger partial charge is 0.382 e. The molecule has 1 aromatic carbocycles. The highest BCUT2D eigenvalue weighted by atomic mass is 19.1. The number of nitrogens with zero attached hydrogens (tertiary/aromatic N) is 4. The lowest BCUT2D eigenvalue weighted by molar-refractivity contribution is 0.621. The van der Waals surface area contributed by atoms with E-state index in [9.17, 15) is 13.6 Å². The molecule has 154 valence electrons. The monoisotopic (exact) mass is 419 g/mol. The summed E-state index contributed by atoms with van der Waals surface area (Å²) in [5.74, 6) is 5.20. The third-order valence-electron chi connectivity index (χ3n) is 4.38. The highest BCUT2D eigenvalue weighted by Gasteiger charge is 2.16. The molecule has 8 nitrogen and oxygen atoms in total. The molecule has 10 heteroatoms. The molecule has 0 aliphatic rings. The average Bonchev–Trinajstić information content (AvgIpc) is 2.74. The molecule has 0 amide bonds. The van der Waals surface area contributed by atoms with E-state index in [-0.39, 0.29) is 22.5 Å². The first-order chi connectivity index (χ1) is 14.9. The zero-order valence-electron chi connectivity index (χ0n) is 16.1. The van der Waals surface area contributed by atoms with Crippen LogP contribution in [0.25, 0.3) is 10.9 Å². The first-order valence-corrected chi connectivity index (χ1v) is 9.11. The molecule has 31 heavy (non-hydrogen) atoms. The van der Waals surface area contributed by atoms with Gasteiger partial charge < -0.3 is 16.0 Å². The maximum Gasteiger partial charge on any atom is 0.261 e. The standard InChI is InChI=1S/C21H15F2N7O/c1-11(19-29-16-4-2-3-15(23)17(16)21(31)30-19)28-20-14(18(24)26-10-27-20)8-7-13-6-5-12(22)9-25-13/h2-6,9-11H,1H3,(H,29,30,31)(H3,24,26,27,28). The van der Waals surface area contributed by atoms with Gasteiger partial charge in [-0.25, -0.2) is 28.7 Å². The minimum atomic E-state index is -0.644. The number of aromatic nitrogens is 5. The van der Waals surface area contributed by atoms with E-state index in [0.29, 0.717) is 17.1 Å². The number of hydrogen-bond acceptors (Lipinski definition) is 7. The lowest BCUT2D eigenvalue weighted by Crippen LogP contribution is -2.19. The molecule has 0 spiro atoms. The van der Waals surface area contributed by atoms with Gasteiger partial charge in [0.1, 0.15) is 52.1 Å². The van der Waals surface area contributed by atoms with Crippen LogP contribution in [0.1, 0.15) is 30.0 Å².